The van der Waals surface area contributed by atoms with E-state index >= 15 is 0 Å². The number of nitrogens with zero attached hydrogens (tertiary/aromatic N) is 2. The Bertz CT molecular complexity index is 2490. The van der Waals surface area contributed by atoms with Gasteiger partial charge < -0.3 is 9.32 Å². The molecule has 0 fully saturated rings. The lowest BCUT2D eigenvalue weighted by atomic mass is 9.94. The highest BCUT2D eigenvalue weighted by atomic mass is 16.3. The number of fused-ring (bicyclic) bond motifs is 8. The number of benzene rings is 7. The summed E-state index contributed by atoms with van der Waals surface area (Å²) in [6, 6.07) is 53.9. The third kappa shape index (κ3) is 3.80. The van der Waals surface area contributed by atoms with Crippen LogP contribution in [0.25, 0.3) is 65.5 Å². The lowest BCUT2D eigenvalue weighted by Crippen LogP contribution is -2.11. The van der Waals surface area contributed by atoms with Crippen LogP contribution in [0.4, 0.5) is 17.1 Å². The number of hydrogen-bond acceptors (Lipinski definition) is 3. The first-order valence-corrected chi connectivity index (χ1v) is 14.9. The van der Waals surface area contributed by atoms with E-state index in [4.69, 9.17) is 4.42 Å². The van der Waals surface area contributed by atoms with Gasteiger partial charge in [-0.15, -0.1) is 0 Å². The molecule has 0 atom stereocenters. The summed E-state index contributed by atoms with van der Waals surface area (Å²) in [6.45, 7) is 0. The monoisotopic (exact) mass is 562 g/mol. The van der Waals surface area contributed by atoms with Crippen LogP contribution in [-0.2, 0) is 0 Å². The topological polar surface area (TPSA) is 29.3 Å². The Labute approximate surface area is 254 Å². The Morgan fingerprint density at radius 2 is 1.11 bits per heavy atom. The highest BCUT2D eigenvalue weighted by Crippen LogP contribution is 2.47. The molecule has 9 aromatic rings. The van der Waals surface area contributed by atoms with Crippen LogP contribution in [0, 0.1) is 0 Å². The van der Waals surface area contributed by atoms with Gasteiger partial charge in [0, 0.05) is 22.7 Å². The van der Waals surface area contributed by atoms with Crippen molar-refractivity contribution in [2.45, 2.75) is 0 Å². The molecule has 2 aromatic heterocycles. The molecule has 9 rings (SSSR count). The highest BCUT2D eigenvalue weighted by molar-refractivity contribution is 6.24. The molecule has 0 N–H and O–H groups in total. The van der Waals surface area contributed by atoms with Gasteiger partial charge in [-0.25, -0.2) is 4.98 Å². The van der Waals surface area contributed by atoms with E-state index in [2.05, 4.69) is 149 Å². The minimum Gasteiger partial charge on any atom is -0.438 e. The number of para-hydroxylation sites is 1. The lowest BCUT2D eigenvalue weighted by molar-refractivity contribution is 0.654. The SMILES string of the molecule is c1ccc(-c2ccc(N(c3cc4ccc5ccccc5c4c4ccccc34)c3ccnc4oc5ccccc5c34)cc2)cc1. The molecule has 0 saturated heterocycles. The Hall–Kier alpha value is -5.93. The van der Waals surface area contributed by atoms with Gasteiger partial charge in [0.1, 0.15) is 5.58 Å². The number of hydrogen-bond donors (Lipinski definition) is 0. The van der Waals surface area contributed by atoms with E-state index in [0.717, 1.165) is 33.4 Å². The summed E-state index contributed by atoms with van der Waals surface area (Å²) in [7, 11) is 0. The molecule has 0 aliphatic carbocycles. The Balaban J connectivity index is 1.37. The molecule has 0 bridgehead atoms. The van der Waals surface area contributed by atoms with Crippen LogP contribution < -0.4 is 4.90 Å². The summed E-state index contributed by atoms with van der Waals surface area (Å²) in [6.07, 6.45) is 1.85. The van der Waals surface area contributed by atoms with Gasteiger partial charge in [0.05, 0.1) is 16.8 Å². The second-order valence-corrected chi connectivity index (χ2v) is 11.2. The molecule has 3 heteroatoms. The normalized spacial score (nSPS) is 11.6. The van der Waals surface area contributed by atoms with E-state index in [0.29, 0.717) is 5.71 Å². The van der Waals surface area contributed by atoms with Crippen LogP contribution in [0.15, 0.2) is 162 Å². The number of rotatable bonds is 4. The fourth-order valence-electron chi connectivity index (χ4n) is 6.70. The lowest BCUT2D eigenvalue weighted by Gasteiger charge is -2.28. The van der Waals surface area contributed by atoms with Gasteiger partial charge in [-0.1, -0.05) is 121 Å². The molecule has 2 heterocycles. The fourth-order valence-corrected chi connectivity index (χ4v) is 6.70. The summed E-state index contributed by atoms with van der Waals surface area (Å²) < 4.78 is 6.26. The average molecular weight is 563 g/mol. The van der Waals surface area contributed by atoms with Crippen LogP contribution >= 0.6 is 0 Å². The third-order valence-corrected chi connectivity index (χ3v) is 8.70. The molecule has 3 nitrogen and oxygen atoms in total. The van der Waals surface area contributed by atoms with Crippen LogP contribution in [0.2, 0.25) is 0 Å². The van der Waals surface area contributed by atoms with Gasteiger partial charge in [-0.2, -0.15) is 0 Å². The summed E-state index contributed by atoms with van der Waals surface area (Å²) in [5, 5.41) is 9.43. The summed E-state index contributed by atoms with van der Waals surface area (Å²) >= 11 is 0. The number of anilines is 3. The van der Waals surface area contributed by atoms with Gasteiger partial charge in [-0.05, 0) is 68.4 Å². The van der Waals surface area contributed by atoms with Gasteiger partial charge >= 0.3 is 0 Å². The zero-order valence-electron chi connectivity index (χ0n) is 23.8. The van der Waals surface area contributed by atoms with Crippen molar-refractivity contribution in [3.63, 3.8) is 0 Å². The molecule has 206 valence electrons. The second kappa shape index (κ2) is 9.82. The predicted octanol–water partition coefficient (Wildman–Crippen LogP) is 11.6. The molecule has 0 spiro atoms. The number of furan rings is 1. The van der Waals surface area contributed by atoms with Crippen LogP contribution in [0.1, 0.15) is 0 Å². The summed E-state index contributed by atoms with van der Waals surface area (Å²) in [4.78, 5) is 7.03. The number of aromatic nitrogens is 1. The van der Waals surface area contributed by atoms with E-state index in [9.17, 15) is 0 Å². The van der Waals surface area contributed by atoms with Crippen molar-refractivity contribution in [2.75, 3.05) is 4.90 Å². The van der Waals surface area contributed by atoms with E-state index in [1.54, 1.807) is 0 Å². The standard InChI is InChI=1S/C41H26N2O/c1-2-10-27(11-3-1)28-20-22-31(23-21-28)43(36-24-25-42-41-40(36)35-16-8-9-17-38(35)44-41)37-26-30-19-18-29-12-4-5-13-32(29)39(30)34-15-7-6-14-33(34)37/h1-26H. The van der Waals surface area contributed by atoms with Gasteiger partial charge in [-0.3, -0.25) is 0 Å². The molecular weight excluding hydrogens is 536 g/mol. The quantitative estimate of drug-likeness (QED) is 0.200. The molecule has 0 saturated carbocycles. The van der Waals surface area contributed by atoms with Crippen molar-refractivity contribution in [3.8, 4) is 11.1 Å². The highest BCUT2D eigenvalue weighted by Gasteiger charge is 2.22. The maximum Gasteiger partial charge on any atom is 0.229 e. The first kappa shape index (κ1) is 24.6. The Morgan fingerprint density at radius 1 is 0.455 bits per heavy atom. The first-order valence-electron chi connectivity index (χ1n) is 14.9. The molecular formula is C41H26N2O. The smallest absolute Gasteiger partial charge is 0.229 e. The Morgan fingerprint density at radius 3 is 1.95 bits per heavy atom. The molecule has 0 amide bonds. The maximum absolute atomic E-state index is 6.26. The maximum atomic E-state index is 6.26. The van der Waals surface area contributed by atoms with Crippen LogP contribution in [-0.4, -0.2) is 4.98 Å². The summed E-state index contributed by atoms with van der Waals surface area (Å²) in [5.41, 5.74) is 7.03. The Kier molecular flexibility index (Phi) is 5.50. The van der Waals surface area contributed by atoms with Crippen molar-refractivity contribution in [3.05, 3.63) is 158 Å². The third-order valence-electron chi connectivity index (χ3n) is 8.70. The molecule has 0 aliphatic heterocycles. The van der Waals surface area contributed by atoms with Crippen molar-refractivity contribution in [2.24, 2.45) is 0 Å². The predicted molar refractivity (Wildman–Crippen MR) is 184 cm³/mol. The van der Waals surface area contributed by atoms with Gasteiger partial charge in [0.15, 0.2) is 0 Å². The average Bonchev–Trinajstić information content (AvgIpc) is 3.48. The largest absolute Gasteiger partial charge is 0.438 e. The van der Waals surface area contributed by atoms with E-state index in [1.807, 2.05) is 18.3 Å². The molecule has 44 heavy (non-hydrogen) atoms. The second-order valence-electron chi connectivity index (χ2n) is 11.2. The minimum absolute atomic E-state index is 0.630. The van der Waals surface area contributed by atoms with Crippen molar-refractivity contribution < 1.29 is 4.42 Å². The number of pyridine rings is 1. The zero-order chi connectivity index (χ0) is 29.0. The fraction of sp³-hybridized carbons (Fsp3) is 0. The first-order chi connectivity index (χ1) is 21.8. The molecule has 7 aromatic carbocycles. The van der Waals surface area contributed by atoms with Crippen molar-refractivity contribution >= 4 is 71.4 Å². The summed E-state index contributed by atoms with van der Waals surface area (Å²) in [5.74, 6) is 0. The molecule has 0 aliphatic rings. The van der Waals surface area contributed by atoms with Gasteiger partial charge in [0.25, 0.3) is 0 Å². The van der Waals surface area contributed by atoms with Crippen molar-refractivity contribution in [1.82, 2.24) is 4.98 Å². The van der Waals surface area contributed by atoms with Crippen LogP contribution in [0.3, 0.4) is 0 Å². The van der Waals surface area contributed by atoms with Crippen LogP contribution in [0.5, 0.6) is 0 Å². The van der Waals surface area contributed by atoms with Crippen molar-refractivity contribution in [1.29, 1.82) is 0 Å². The minimum atomic E-state index is 0.630. The molecule has 0 radical (unpaired) electrons. The van der Waals surface area contributed by atoms with E-state index in [-0.39, 0.29) is 0 Å². The molecule has 0 unspecified atom stereocenters. The van der Waals surface area contributed by atoms with E-state index in [1.165, 1.54) is 43.4 Å². The zero-order valence-corrected chi connectivity index (χ0v) is 23.8. The van der Waals surface area contributed by atoms with E-state index < -0.39 is 0 Å². The van der Waals surface area contributed by atoms with Gasteiger partial charge in [0.2, 0.25) is 5.71 Å².